The molecule has 0 aromatic carbocycles. The van der Waals surface area contributed by atoms with Crippen molar-refractivity contribution in [3.05, 3.63) is 0 Å². The summed E-state index contributed by atoms with van der Waals surface area (Å²) in [5, 5.41) is 17.6. The van der Waals surface area contributed by atoms with Gasteiger partial charge in [-0.1, -0.05) is 6.92 Å². The van der Waals surface area contributed by atoms with Gasteiger partial charge < -0.3 is 24.4 Å². The lowest BCUT2D eigenvalue weighted by molar-refractivity contribution is -0.534. The van der Waals surface area contributed by atoms with E-state index in [1.54, 1.807) is 0 Å². The minimum Gasteiger partial charge on any atom is -0.394 e. The second-order valence-corrected chi connectivity index (χ2v) is 7.27. The van der Waals surface area contributed by atoms with E-state index in [9.17, 15) is 66.6 Å². The lowest BCUT2D eigenvalue weighted by Crippen LogP contribution is -2.63. The number of ether oxygens (including phenoxy) is 5. The van der Waals surface area contributed by atoms with E-state index in [0.717, 1.165) is 0 Å². The van der Waals surface area contributed by atoms with Gasteiger partial charge in [-0.25, -0.2) is 9.47 Å². The van der Waals surface area contributed by atoms with Crippen LogP contribution in [0.15, 0.2) is 0 Å². The summed E-state index contributed by atoms with van der Waals surface area (Å²) in [4.78, 5) is 0. The first-order chi connectivity index (χ1) is 16.9. The van der Waals surface area contributed by atoms with Crippen LogP contribution in [0.4, 0.5) is 61.5 Å². The molecule has 1 atom stereocenters. The van der Waals surface area contributed by atoms with Crippen LogP contribution in [-0.2, 0) is 23.7 Å². The molecule has 230 valence electrons. The summed E-state index contributed by atoms with van der Waals surface area (Å²) in [6.07, 6.45) is -30.2. The van der Waals surface area contributed by atoms with Crippen LogP contribution < -0.4 is 0 Å². The van der Waals surface area contributed by atoms with E-state index in [4.69, 9.17) is 5.11 Å². The Balaban J connectivity index is 5.55. The highest BCUT2D eigenvalue weighted by Crippen LogP contribution is 2.53. The molecule has 0 bridgehead atoms. The van der Waals surface area contributed by atoms with Crippen LogP contribution in [0.3, 0.4) is 0 Å². The van der Waals surface area contributed by atoms with Gasteiger partial charge in [-0.05, 0) is 6.42 Å². The molecule has 0 saturated carbocycles. The first-order valence-electron chi connectivity index (χ1n) is 10.00. The number of rotatable bonds is 20. The van der Waals surface area contributed by atoms with E-state index in [1.807, 2.05) is 9.47 Å². The average Bonchev–Trinajstić information content (AvgIpc) is 2.72. The van der Waals surface area contributed by atoms with E-state index in [1.165, 1.54) is 6.92 Å². The van der Waals surface area contributed by atoms with Crippen LogP contribution in [0.5, 0.6) is 0 Å². The van der Waals surface area contributed by atoms with Crippen molar-refractivity contribution in [2.24, 2.45) is 0 Å². The number of halogens is 14. The van der Waals surface area contributed by atoms with Crippen LogP contribution >= 0.6 is 0 Å². The molecule has 38 heavy (non-hydrogen) atoms. The van der Waals surface area contributed by atoms with Crippen LogP contribution in [-0.4, -0.2) is 105 Å². The van der Waals surface area contributed by atoms with E-state index in [2.05, 4.69) is 14.2 Å². The fraction of sp³-hybridized carbons (Fsp3) is 1.00. The van der Waals surface area contributed by atoms with Crippen molar-refractivity contribution >= 4 is 0 Å². The Morgan fingerprint density at radius 3 is 1.37 bits per heavy atom. The summed E-state index contributed by atoms with van der Waals surface area (Å²) in [6, 6.07) is 0. The summed E-state index contributed by atoms with van der Waals surface area (Å²) < 4.78 is 205. The van der Waals surface area contributed by atoms with Gasteiger partial charge in [0.05, 0.1) is 26.4 Å². The summed E-state index contributed by atoms with van der Waals surface area (Å²) in [5.41, 5.74) is 0. The number of alkyl halides is 14. The van der Waals surface area contributed by atoms with Gasteiger partial charge in [0.15, 0.2) is 0 Å². The maximum Gasteiger partial charge on any atom is 0.433 e. The zero-order valence-electron chi connectivity index (χ0n) is 19.0. The Labute approximate surface area is 204 Å². The fourth-order valence-corrected chi connectivity index (χ4v) is 1.94. The predicted octanol–water partition coefficient (Wildman–Crippen LogP) is 4.11. The summed E-state index contributed by atoms with van der Waals surface area (Å²) in [5.74, 6) is -19.5. The van der Waals surface area contributed by atoms with Crippen molar-refractivity contribution in [3.8, 4) is 0 Å². The highest BCUT2D eigenvalue weighted by Gasteiger charge is 2.81. The molecule has 0 saturated heterocycles. The molecule has 0 amide bonds. The molecule has 1 unspecified atom stereocenters. The third-order valence-electron chi connectivity index (χ3n) is 3.87. The number of aliphatic hydroxyl groups is 2. The molecule has 0 aromatic heterocycles. The maximum atomic E-state index is 13.6. The van der Waals surface area contributed by atoms with Gasteiger partial charge in [-0.15, -0.1) is 0 Å². The van der Waals surface area contributed by atoms with Gasteiger partial charge in [-0.3, -0.25) is 0 Å². The second kappa shape index (κ2) is 13.4. The molecule has 2 N–H and O–H groups in total. The highest BCUT2D eigenvalue weighted by atomic mass is 19.4. The quantitative estimate of drug-likeness (QED) is 0.160. The standard InChI is InChI=1S/C17H22F14O7/c1-2-4-35-8-11(18,19)14(24,25)37-16(28,29)13(22,23)17(30,31)38-15(26,27)12(20,21)9-36-7-10(33)6-34-5-3-32/h10,32-33H,2-9H2,1H3. The summed E-state index contributed by atoms with van der Waals surface area (Å²) in [6.45, 7) is -7.39. The molecule has 0 spiro atoms. The zero-order chi connectivity index (χ0) is 30.3. The average molecular weight is 604 g/mol. The molecule has 0 aliphatic heterocycles. The molecule has 0 rings (SSSR count). The molecule has 0 radical (unpaired) electrons. The van der Waals surface area contributed by atoms with E-state index >= 15 is 0 Å². The van der Waals surface area contributed by atoms with Crippen molar-refractivity contribution in [2.75, 3.05) is 46.2 Å². The molecule has 0 aliphatic carbocycles. The third-order valence-corrected chi connectivity index (χ3v) is 3.87. The Kier molecular flexibility index (Phi) is 13.0. The summed E-state index contributed by atoms with van der Waals surface area (Å²) >= 11 is 0. The third kappa shape index (κ3) is 9.44. The van der Waals surface area contributed by atoms with Crippen molar-refractivity contribution in [1.29, 1.82) is 0 Å². The van der Waals surface area contributed by atoms with E-state index in [-0.39, 0.29) is 13.0 Å². The Hall–Kier alpha value is -1.26. The van der Waals surface area contributed by atoms with Gasteiger partial charge in [0.2, 0.25) is 0 Å². The molecule has 0 fully saturated rings. The van der Waals surface area contributed by atoms with Gasteiger partial charge in [-0.2, -0.15) is 61.5 Å². The monoisotopic (exact) mass is 604 g/mol. The van der Waals surface area contributed by atoms with Gasteiger partial charge in [0, 0.05) is 6.61 Å². The van der Waals surface area contributed by atoms with Crippen LogP contribution in [0.25, 0.3) is 0 Å². The van der Waals surface area contributed by atoms with Crippen molar-refractivity contribution < 1.29 is 95.4 Å². The Bertz CT molecular complexity index is 709. The molecular weight excluding hydrogens is 582 g/mol. The number of aliphatic hydroxyl groups excluding tert-OH is 2. The normalized spacial score (nSPS) is 15.7. The lowest BCUT2D eigenvalue weighted by atomic mass is 10.2. The van der Waals surface area contributed by atoms with E-state index in [0.29, 0.717) is 0 Å². The van der Waals surface area contributed by atoms with Crippen molar-refractivity contribution in [3.63, 3.8) is 0 Å². The SMILES string of the molecule is CCCOCC(F)(F)C(F)(F)OC(F)(F)C(F)(F)C(F)(F)OC(F)(F)C(F)(F)COCC(O)COCCO. The first-order valence-corrected chi connectivity index (χ1v) is 10.00. The molecular formula is C17H22F14O7. The minimum atomic E-state index is -7.68. The second-order valence-electron chi connectivity index (χ2n) is 7.27. The van der Waals surface area contributed by atoms with Crippen LogP contribution in [0.1, 0.15) is 13.3 Å². The van der Waals surface area contributed by atoms with Gasteiger partial charge >= 0.3 is 42.2 Å². The number of hydrogen-bond donors (Lipinski definition) is 2. The van der Waals surface area contributed by atoms with Gasteiger partial charge in [0.25, 0.3) is 0 Å². The molecule has 7 nitrogen and oxygen atoms in total. The highest BCUT2D eigenvalue weighted by molar-refractivity contribution is 4.91. The van der Waals surface area contributed by atoms with Crippen LogP contribution in [0, 0.1) is 0 Å². The van der Waals surface area contributed by atoms with Crippen molar-refractivity contribution in [1.82, 2.24) is 0 Å². The topological polar surface area (TPSA) is 86.6 Å². The smallest absolute Gasteiger partial charge is 0.394 e. The zero-order valence-corrected chi connectivity index (χ0v) is 19.0. The molecule has 0 aromatic rings. The minimum absolute atomic E-state index is 0.0796. The maximum absolute atomic E-state index is 13.6. The molecule has 21 heteroatoms. The number of hydrogen-bond acceptors (Lipinski definition) is 7. The van der Waals surface area contributed by atoms with Crippen LogP contribution in [0.2, 0.25) is 0 Å². The largest absolute Gasteiger partial charge is 0.433 e. The van der Waals surface area contributed by atoms with Gasteiger partial charge in [0.1, 0.15) is 19.3 Å². The Morgan fingerprint density at radius 2 is 0.974 bits per heavy atom. The molecule has 0 heterocycles. The fourth-order valence-electron chi connectivity index (χ4n) is 1.94. The first kappa shape index (κ1) is 36.7. The van der Waals surface area contributed by atoms with Crippen molar-refractivity contribution in [2.45, 2.75) is 61.7 Å². The Morgan fingerprint density at radius 1 is 0.579 bits per heavy atom. The predicted molar refractivity (Wildman–Crippen MR) is 92.6 cm³/mol. The lowest BCUT2D eigenvalue weighted by Gasteiger charge is -2.37. The summed E-state index contributed by atoms with van der Waals surface area (Å²) in [7, 11) is 0. The van der Waals surface area contributed by atoms with E-state index < -0.39 is 87.9 Å². The molecule has 0 aliphatic rings.